The van der Waals surface area contributed by atoms with Crippen LogP contribution < -0.4 is 10.5 Å². The standard InChI is InChI=1S/C14H18N2O2S2/c1-3-11-4-5-13(8-14(11)15)20(17,18)16-10(2)12-6-7-19-9-12/h4-10,16H,3,15H2,1-2H3. The second-order valence-electron chi connectivity index (χ2n) is 4.61. The third-order valence-electron chi connectivity index (χ3n) is 3.18. The molecule has 20 heavy (non-hydrogen) atoms. The molecule has 1 aromatic carbocycles. The molecule has 6 heteroatoms. The van der Waals surface area contributed by atoms with Crippen molar-refractivity contribution in [2.75, 3.05) is 5.73 Å². The lowest BCUT2D eigenvalue weighted by Crippen LogP contribution is -2.26. The van der Waals surface area contributed by atoms with Gasteiger partial charge in [0, 0.05) is 11.7 Å². The molecular formula is C14H18N2O2S2. The Kier molecular flexibility index (Phi) is 4.47. The number of nitrogens with two attached hydrogens (primary N) is 1. The van der Waals surface area contributed by atoms with Crippen LogP contribution in [0.3, 0.4) is 0 Å². The highest BCUT2D eigenvalue weighted by atomic mass is 32.2. The second kappa shape index (κ2) is 5.95. The molecule has 0 aliphatic rings. The minimum atomic E-state index is -3.56. The van der Waals surface area contributed by atoms with E-state index in [9.17, 15) is 8.42 Å². The van der Waals surface area contributed by atoms with Crippen LogP contribution >= 0.6 is 11.3 Å². The van der Waals surface area contributed by atoms with Crippen LogP contribution in [0.15, 0.2) is 39.9 Å². The first kappa shape index (κ1) is 15.0. The topological polar surface area (TPSA) is 72.2 Å². The van der Waals surface area contributed by atoms with Gasteiger partial charge in [-0.15, -0.1) is 0 Å². The van der Waals surface area contributed by atoms with Crippen molar-refractivity contribution in [2.24, 2.45) is 0 Å². The average Bonchev–Trinajstić information content (AvgIpc) is 2.92. The van der Waals surface area contributed by atoms with Crippen molar-refractivity contribution in [3.8, 4) is 0 Å². The van der Waals surface area contributed by atoms with Crippen molar-refractivity contribution in [1.82, 2.24) is 4.72 Å². The van der Waals surface area contributed by atoms with Crippen LogP contribution in [0.2, 0.25) is 0 Å². The van der Waals surface area contributed by atoms with Gasteiger partial charge < -0.3 is 5.73 Å². The molecule has 108 valence electrons. The lowest BCUT2D eigenvalue weighted by atomic mass is 10.1. The van der Waals surface area contributed by atoms with Gasteiger partial charge in [-0.1, -0.05) is 13.0 Å². The van der Waals surface area contributed by atoms with Crippen LogP contribution in [0, 0.1) is 0 Å². The molecule has 2 rings (SSSR count). The van der Waals surface area contributed by atoms with Crippen molar-refractivity contribution in [2.45, 2.75) is 31.2 Å². The molecule has 4 nitrogen and oxygen atoms in total. The van der Waals surface area contributed by atoms with E-state index in [0.29, 0.717) is 5.69 Å². The van der Waals surface area contributed by atoms with Crippen LogP contribution in [0.4, 0.5) is 5.69 Å². The third-order valence-corrected chi connectivity index (χ3v) is 5.42. The lowest BCUT2D eigenvalue weighted by Gasteiger charge is -2.14. The highest BCUT2D eigenvalue weighted by Gasteiger charge is 2.19. The Hall–Kier alpha value is -1.37. The van der Waals surface area contributed by atoms with Crippen LogP contribution in [0.25, 0.3) is 0 Å². The van der Waals surface area contributed by atoms with Crippen LogP contribution in [0.5, 0.6) is 0 Å². The highest BCUT2D eigenvalue weighted by molar-refractivity contribution is 7.89. The maximum Gasteiger partial charge on any atom is 0.241 e. The molecule has 0 fully saturated rings. The van der Waals surface area contributed by atoms with E-state index in [-0.39, 0.29) is 10.9 Å². The number of aryl methyl sites for hydroxylation is 1. The average molecular weight is 310 g/mol. The molecule has 3 N–H and O–H groups in total. The minimum Gasteiger partial charge on any atom is -0.398 e. The maximum atomic E-state index is 12.3. The molecular weight excluding hydrogens is 292 g/mol. The molecule has 1 atom stereocenters. The minimum absolute atomic E-state index is 0.203. The van der Waals surface area contributed by atoms with Gasteiger partial charge in [0.1, 0.15) is 0 Å². The van der Waals surface area contributed by atoms with Crippen molar-refractivity contribution >= 4 is 27.0 Å². The zero-order valence-electron chi connectivity index (χ0n) is 11.5. The van der Waals surface area contributed by atoms with Gasteiger partial charge in [-0.2, -0.15) is 11.3 Å². The summed E-state index contributed by atoms with van der Waals surface area (Å²) in [5.74, 6) is 0. The molecule has 1 unspecified atom stereocenters. The van der Waals surface area contributed by atoms with Crippen LogP contribution in [-0.4, -0.2) is 8.42 Å². The number of nitrogen functional groups attached to an aromatic ring is 1. The molecule has 0 aliphatic carbocycles. The van der Waals surface area contributed by atoms with E-state index in [2.05, 4.69) is 4.72 Å². The summed E-state index contributed by atoms with van der Waals surface area (Å²) in [7, 11) is -3.56. The van der Waals surface area contributed by atoms with Gasteiger partial charge in [-0.05, 0) is 53.4 Å². The predicted molar refractivity (Wildman–Crippen MR) is 83.3 cm³/mol. The SMILES string of the molecule is CCc1ccc(S(=O)(=O)NC(C)c2ccsc2)cc1N. The maximum absolute atomic E-state index is 12.3. The second-order valence-corrected chi connectivity index (χ2v) is 7.11. The zero-order valence-corrected chi connectivity index (χ0v) is 13.1. The van der Waals surface area contributed by atoms with E-state index in [1.165, 1.54) is 6.07 Å². The molecule has 0 spiro atoms. The smallest absolute Gasteiger partial charge is 0.241 e. The Morgan fingerprint density at radius 2 is 2.10 bits per heavy atom. The fourth-order valence-electron chi connectivity index (χ4n) is 1.95. The normalized spacial score (nSPS) is 13.3. The number of benzene rings is 1. The number of nitrogens with one attached hydrogen (secondary N) is 1. The Bertz CT molecular complexity index is 679. The number of hydrogen-bond acceptors (Lipinski definition) is 4. The van der Waals surface area contributed by atoms with E-state index in [4.69, 9.17) is 5.73 Å². The highest BCUT2D eigenvalue weighted by Crippen LogP contribution is 2.22. The molecule has 0 aliphatic heterocycles. The summed E-state index contributed by atoms with van der Waals surface area (Å²) in [6, 6.07) is 6.52. The fourth-order valence-corrected chi connectivity index (χ4v) is 3.97. The number of rotatable bonds is 5. The Morgan fingerprint density at radius 1 is 1.35 bits per heavy atom. The van der Waals surface area contributed by atoms with Crippen molar-refractivity contribution in [3.05, 3.63) is 46.2 Å². The van der Waals surface area contributed by atoms with E-state index < -0.39 is 10.0 Å². The zero-order chi connectivity index (χ0) is 14.8. The molecule has 1 heterocycles. The third kappa shape index (κ3) is 3.20. The summed E-state index contributed by atoms with van der Waals surface area (Å²) >= 11 is 1.54. The molecule has 0 saturated carbocycles. The molecule has 0 bridgehead atoms. The Labute approximate surface area is 123 Å². The van der Waals surface area contributed by atoms with Gasteiger partial charge in [0.25, 0.3) is 0 Å². The van der Waals surface area contributed by atoms with E-state index >= 15 is 0 Å². The van der Waals surface area contributed by atoms with Gasteiger partial charge >= 0.3 is 0 Å². The van der Waals surface area contributed by atoms with E-state index in [1.807, 2.05) is 30.7 Å². The molecule has 1 aromatic heterocycles. The van der Waals surface area contributed by atoms with Crippen molar-refractivity contribution in [3.63, 3.8) is 0 Å². The number of sulfonamides is 1. The first-order chi connectivity index (χ1) is 9.44. The summed E-state index contributed by atoms with van der Waals surface area (Å²) in [5.41, 5.74) is 8.28. The summed E-state index contributed by atoms with van der Waals surface area (Å²) < 4.78 is 27.3. The monoisotopic (exact) mass is 310 g/mol. The van der Waals surface area contributed by atoms with Gasteiger partial charge in [-0.3, -0.25) is 0 Å². The van der Waals surface area contributed by atoms with Gasteiger partial charge in [-0.25, -0.2) is 13.1 Å². The Morgan fingerprint density at radius 3 is 2.65 bits per heavy atom. The summed E-state index contributed by atoms with van der Waals surface area (Å²) in [6.07, 6.45) is 0.783. The lowest BCUT2D eigenvalue weighted by molar-refractivity contribution is 0.567. The molecule has 2 aromatic rings. The van der Waals surface area contributed by atoms with E-state index in [1.54, 1.807) is 23.5 Å². The van der Waals surface area contributed by atoms with Crippen molar-refractivity contribution in [1.29, 1.82) is 0 Å². The Balaban J connectivity index is 2.24. The van der Waals surface area contributed by atoms with E-state index in [0.717, 1.165) is 17.5 Å². The number of hydrogen-bond donors (Lipinski definition) is 2. The predicted octanol–water partition coefficient (Wildman–Crippen LogP) is 2.93. The van der Waals surface area contributed by atoms with Crippen molar-refractivity contribution < 1.29 is 8.42 Å². The van der Waals surface area contributed by atoms with Gasteiger partial charge in [0.05, 0.1) is 4.90 Å². The first-order valence-electron chi connectivity index (χ1n) is 6.37. The quantitative estimate of drug-likeness (QED) is 0.834. The summed E-state index contributed by atoms with van der Waals surface area (Å²) in [4.78, 5) is 0.203. The van der Waals surface area contributed by atoms with Gasteiger partial charge in [0.2, 0.25) is 10.0 Å². The summed E-state index contributed by atoms with van der Waals surface area (Å²) in [6.45, 7) is 3.81. The van der Waals surface area contributed by atoms with Crippen LogP contribution in [0.1, 0.15) is 31.0 Å². The summed E-state index contributed by atoms with van der Waals surface area (Å²) in [5, 5.41) is 3.86. The molecule has 0 amide bonds. The number of anilines is 1. The van der Waals surface area contributed by atoms with Gasteiger partial charge in [0.15, 0.2) is 0 Å². The van der Waals surface area contributed by atoms with Crippen LogP contribution in [-0.2, 0) is 16.4 Å². The number of thiophene rings is 1. The first-order valence-corrected chi connectivity index (χ1v) is 8.79. The molecule has 0 saturated heterocycles. The largest absolute Gasteiger partial charge is 0.398 e. The fraction of sp³-hybridized carbons (Fsp3) is 0.286. The molecule has 0 radical (unpaired) electrons.